The Morgan fingerprint density at radius 3 is 2.61 bits per heavy atom. The zero-order valence-electron chi connectivity index (χ0n) is 10.2. The summed E-state index contributed by atoms with van der Waals surface area (Å²) in [6.07, 6.45) is 4.60. The Labute approximate surface area is 105 Å². The standard InChI is InChI=1S/C12H17N3O3/c13-10-3-6-14-15(10)11(16)9-1-4-12(5-2-9)17-7-8-18-12/h3,6,9H,1-2,4-5,7-8,13H2. The van der Waals surface area contributed by atoms with E-state index in [-0.39, 0.29) is 11.8 Å². The SMILES string of the molecule is Nc1ccnn1C(=O)C1CCC2(CC1)OCCO2. The van der Waals surface area contributed by atoms with Crippen molar-refractivity contribution in [3.05, 3.63) is 12.3 Å². The Hall–Kier alpha value is -1.40. The van der Waals surface area contributed by atoms with Gasteiger partial charge in [-0.15, -0.1) is 0 Å². The van der Waals surface area contributed by atoms with Gasteiger partial charge in [-0.3, -0.25) is 4.79 Å². The molecule has 1 aliphatic heterocycles. The summed E-state index contributed by atoms with van der Waals surface area (Å²) in [4.78, 5) is 12.2. The van der Waals surface area contributed by atoms with Crippen molar-refractivity contribution in [2.75, 3.05) is 18.9 Å². The summed E-state index contributed by atoms with van der Waals surface area (Å²) in [6.45, 7) is 1.31. The highest BCUT2D eigenvalue weighted by atomic mass is 16.7. The first-order valence-corrected chi connectivity index (χ1v) is 6.32. The molecule has 0 bridgehead atoms. The Bertz CT molecular complexity index is 441. The van der Waals surface area contributed by atoms with Crippen LogP contribution in [0.25, 0.3) is 0 Å². The van der Waals surface area contributed by atoms with Crippen LogP contribution >= 0.6 is 0 Å². The topological polar surface area (TPSA) is 79.4 Å². The molecular weight excluding hydrogens is 234 g/mol. The van der Waals surface area contributed by atoms with Crippen LogP contribution in [0.3, 0.4) is 0 Å². The van der Waals surface area contributed by atoms with Crippen molar-refractivity contribution in [3.8, 4) is 0 Å². The fourth-order valence-electron chi connectivity index (χ4n) is 2.76. The predicted molar refractivity (Wildman–Crippen MR) is 63.9 cm³/mol. The number of nitrogen functional groups attached to an aromatic ring is 1. The molecule has 0 unspecified atom stereocenters. The van der Waals surface area contributed by atoms with E-state index in [0.717, 1.165) is 25.7 Å². The molecule has 18 heavy (non-hydrogen) atoms. The van der Waals surface area contributed by atoms with Gasteiger partial charge in [-0.2, -0.15) is 9.78 Å². The predicted octanol–water partition coefficient (Wildman–Crippen LogP) is 1.04. The van der Waals surface area contributed by atoms with E-state index in [1.165, 1.54) is 4.68 Å². The lowest BCUT2D eigenvalue weighted by Gasteiger charge is -2.34. The number of hydrogen-bond acceptors (Lipinski definition) is 5. The van der Waals surface area contributed by atoms with E-state index >= 15 is 0 Å². The number of carbonyl (C=O) groups excluding carboxylic acids is 1. The maximum Gasteiger partial charge on any atom is 0.251 e. The minimum atomic E-state index is -0.424. The van der Waals surface area contributed by atoms with Gasteiger partial charge in [0.1, 0.15) is 5.82 Å². The minimum Gasteiger partial charge on any atom is -0.383 e. The van der Waals surface area contributed by atoms with E-state index in [0.29, 0.717) is 19.0 Å². The maximum absolute atomic E-state index is 12.2. The highest BCUT2D eigenvalue weighted by Gasteiger charge is 2.42. The number of carbonyl (C=O) groups is 1. The van der Waals surface area contributed by atoms with Crippen LogP contribution in [-0.4, -0.2) is 34.7 Å². The molecule has 1 saturated heterocycles. The average Bonchev–Trinajstić information content (AvgIpc) is 2.99. The molecule has 2 fully saturated rings. The van der Waals surface area contributed by atoms with Crippen molar-refractivity contribution < 1.29 is 14.3 Å². The molecule has 0 radical (unpaired) electrons. The number of rotatable bonds is 1. The summed E-state index contributed by atoms with van der Waals surface area (Å²) >= 11 is 0. The normalized spacial score (nSPS) is 23.6. The summed E-state index contributed by atoms with van der Waals surface area (Å²) in [6, 6.07) is 1.63. The number of hydrogen-bond donors (Lipinski definition) is 1. The number of ether oxygens (including phenoxy) is 2. The molecule has 1 spiro atoms. The molecule has 98 valence electrons. The van der Waals surface area contributed by atoms with E-state index in [1.54, 1.807) is 12.3 Å². The lowest BCUT2D eigenvalue weighted by atomic mass is 9.84. The molecule has 0 aromatic carbocycles. The molecule has 6 nitrogen and oxygen atoms in total. The monoisotopic (exact) mass is 251 g/mol. The van der Waals surface area contributed by atoms with Gasteiger partial charge in [0.05, 0.1) is 19.4 Å². The summed E-state index contributed by atoms with van der Waals surface area (Å²) < 4.78 is 12.6. The van der Waals surface area contributed by atoms with Crippen LogP contribution in [0.15, 0.2) is 12.3 Å². The Balaban J connectivity index is 1.66. The van der Waals surface area contributed by atoms with Crippen molar-refractivity contribution in [2.45, 2.75) is 31.5 Å². The quantitative estimate of drug-likeness (QED) is 0.806. The van der Waals surface area contributed by atoms with Crippen LogP contribution in [0.4, 0.5) is 5.82 Å². The highest BCUT2D eigenvalue weighted by Crippen LogP contribution is 2.38. The van der Waals surface area contributed by atoms with Crippen LogP contribution in [0.1, 0.15) is 30.5 Å². The van der Waals surface area contributed by atoms with Gasteiger partial charge >= 0.3 is 0 Å². The fourth-order valence-corrected chi connectivity index (χ4v) is 2.76. The second-order valence-corrected chi connectivity index (χ2v) is 4.89. The molecular formula is C12H17N3O3. The third-order valence-corrected chi connectivity index (χ3v) is 3.79. The fraction of sp³-hybridized carbons (Fsp3) is 0.667. The molecule has 2 N–H and O–H groups in total. The summed E-state index contributed by atoms with van der Waals surface area (Å²) in [5.41, 5.74) is 5.69. The molecule has 1 aromatic heterocycles. The second kappa shape index (κ2) is 4.37. The van der Waals surface area contributed by atoms with E-state index in [4.69, 9.17) is 15.2 Å². The molecule has 1 aliphatic carbocycles. The van der Waals surface area contributed by atoms with E-state index in [2.05, 4.69) is 5.10 Å². The van der Waals surface area contributed by atoms with Crippen LogP contribution in [0.5, 0.6) is 0 Å². The van der Waals surface area contributed by atoms with Gasteiger partial charge in [-0.25, -0.2) is 0 Å². The van der Waals surface area contributed by atoms with Gasteiger partial charge in [0.15, 0.2) is 5.79 Å². The second-order valence-electron chi connectivity index (χ2n) is 4.89. The zero-order chi connectivity index (χ0) is 12.6. The molecule has 6 heteroatoms. The van der Waals surface area contributed by atoms with Gasteiger partial charge in [-0.05, 0) is 12.8 Å². The Kier molecular flexibility index (Phi) is 2.83. The minimum absolute atomic E-state index is 0.0228. The smallest absolute Gasteiger partial charge is 0.251 e. The van der Waals surface area contributed by atoms with Crippen LogP contribution in [0.2, 0.25) is 0 Å². The summed E-state index contributed by atoms with van der Waals surface area (Å²) in [7, 11) is 0. The van der Waals surface area contributed by atoms with Crippen molar-refractivity contribution in [1.29, 1.82) is 0 Å². The van der Waals surface area contributed by atoms with Gasteiger partial charge in [0.2, 0.25) is 0 Å². The first-order valence-electron chi connectivity index (χ1n) is 6.32. The number of aromatic nitrogens is 2. The Morgan fingerprint density at radius 2 is 2.06 bits per heavy atom. The molecule has 0 atom stereocenters. The zero-order valence-corrected chi connectivity index (χ0v) is 10.2. The van der Waals surface area contributed by atoms with E-state index < -0.39 is 5.79 Å². The third kappa shape index (κ3) is 1.91. The molecule has 1 saturated carbocycles. The van der Waals surface area contributed by atoms with E-state index in [1.807, 2.05) is 0 Å². The van der Waals surface area contributed by atoms with Crippen LogP contribution in [0, 0.1) is 5.92 Å². The van der Waals surface area contributed by atoms with Crippen molar-refractivity contribution in [1.82, 2.24) is 9.78 Å². The van der Waals surface area contributed by atoms with Crippen LogP contribution < -0.4 is 5.73 Å². The highest BCUT2D eigenvalue weighted by molar-refractivity contribution is 5.83. The molecule has 0 amide bonds. The molecule has 2 aliphatic rings. The van der Waals surface area contributed by atoms with Crippen molar-refractivity contribution in [3.63, 3.8) is 0 Å². The first-order chi connectivity index (χ1) is 8.70. The number of nitrogens with zero attached hydrogens (tertiary/aromatic N) is 2. The van der Waals surface area contributed by atoms with Gasteiger partial charge in [-0.1, -0.05) is 0 Å². The lowest BCUT2D eigenvalue weighted by molar-refractivity contribution is -0.180. The van der Waals surface area contributed by atoms with Gasteiger partial charge in [0.25, 0.3) is 5.91 Å². The third-order valence-electron chi connectivity index (χ3n) is 3.79. The first kappa shape index (κ1) is 11.7. The summed E-state index contributed by atoms with van der Waals surface area (Å²) in [5.74, 6) is -0.0865. The Morgan fingerprint density at radius 1 is 1.39 bits per heavy atom. The van der Waals surface area contributed by atoms with Gasteiger partial charge < -0.3 is 15.2 Å². The number of nitrogens with two attached hydrogens (primary N) is 1. The molecule has 3 rings (SSSR count). The maximum atomic E-state index is 12.2. The summed E-state index contributed by atoms with van der Waals surface area (Å²) in [5, 5.41) is 3.96. The van der Waals surface area contributed by atoms with Crippen molar-refractivity contribution in [2.24, 2.45) is 5.92 Å². The average molecular weight is 251 g/mol. The van der Waals surface area contributed by atoms with E-state index in [9.17, 15) is 4.79 Å². The molecule has 1 aromatic rings. The number of anilines is 1. The van der Waals surface area contributed by atoms with Crippen molar-refractivity contribution >= 4 is 11.7 Å². The van der Waals surface area contributed by atoms with Crippen LogP contribution in [-0.2, 0) is 9.47 Å². The molecule has 2 heterocycles. The van der Waals surface area contributed by atoms with Gasteiger partial charge in [0, 0.05) is 24.8 Å². The largest absolute Gasteiger partial charge is 0.383 e. The lowest BCUT2D eigenvalue weighted by Crippen LogP contribution is -2.38.